The Morgan fingerprint density at radius 3 is 3.00 bits per heavy atom. The standard InChI is InChI=1S/C13H18FN/c1-2-10-5-3-8-13(10)15-12-7-4-6-11(14)9-12/h4,6-7,9-10,13,15H,2-3,5,8H2,1H3. The molecule has 1 aromatic rings. The first-order valence-corrected chi connectivity index (χ1v) is 5.81. The van der Waals surface area contributed by atoms with Gasteiger partial charge >= 0.3 is 0 Å². The molecular weight excluding hydrogens is 189 g/mol. The van der Waals surface area contributed by atoms with E-state index in [2.05, 4.69) is 12.2 Å². The van der Waals surface area contributed by atoms with Gasteiger partial charge in [0, 0.05) is 11.7 Å². The highest BCUT2D eigenvalue weighted by Crippen LogP contribution is 2.30. The summed E-state index contributed by atoms with van der Waals surface area (Å²) >= 11 is 0. The normalized spacial score (nSPS) is 25.5. The summed E-state index contributed by atoms with van der Waals surface area (Å²) in [5.74, 6) is 0.597. The molecule has 1 nitrogen and oxygen atoms in total. The second-order valence-electron chi connectivity index (χ2n) is 4.36. The molecule has 15 heavy (non-hydrogen) atoms. The maximum atomic E-state index is 13.0. The number of rotatable bonds is 3. The van der Waals surface area contributed by atoms with Gasteiger partial charge < -0.3 is 5.32 Å². The molecule has 1 fully saturated rings. The van der Waals surface area contributed by atoms with Crippen LogP contribution in [0.25, 0.3) is 0 Å². The lowest BCUT2D eigenvalue weighted by molar-refractivity contribution is 0.489. The minimum atomic E-state index is -0.161. The Labute approximate surface area is 90.7 Å². The van der Waals surface area contributed by atoms with E-state index in [1.807, 2.05) is 6.07 Å². The van der Waals surface area contributed by atoms with Crippen LogP contribution in [0.3, 0.4) is 0 Å². The van der Waals surface area contributed by atoms with E-state index >= 15 is 0 Å². The molecule has 0 radical (unpaired) electrons. The molecule has 2 heteroatoms. The third-order valence-electron chi connectivity index (χ3n) is 3.36. The van der Waals surface area contributed by atoms with Crippen molar-refractivity contribution in [3.63, 3.8) is 0 Å². The third-order valence-corrected chi connectivity index (χ3v) is 3.36. The zero-order valence-electron chi connectivity index (χ0n) is 9.17. The molecule has 1 saturated carbocycles. The molecule has 0 amide bonds. The average Bonchev–Trinajstić information content (AvgIpc) is 2.65. The third kappa shape index (κ3) is 2.49. The van der Waals surface area contributed by atoms with Crippen molar-refractivity contribution in [2.45, 2.75) is 38.6 Å². The predicted molar refractivity (Wildman–Crippen MR) is 61.4 cm³/mol. The Hall–Kier alpha value is -1.05. The van der Waals surface area contributed by atoms with Crippen LogP contribution in [0.2, 0.25) is 0 Å². The molecule has 1 aromatic carbocycles. The minimum absolute atomic E-state index is 0.161. The molecule has 1 aliphatic carbocycles. The average molecular weight is 207 g/mol. The van der Waals surface area contributed by atoms with Crippen molar-refractivity contribution < 1.29 is 4.39 Å². The predicted octanol–water partition coefficient (Wildman–Crippen LogP) is 3.82. The van der Waals surface area contributed by atoms with Gasteiger partial charge in [0.1, 0.15) is 5.82 Å². The first-order chi connectivity index (χ1) is 7.29. The Morgan fingerprint density at radius 2 is 2.27 bits per heavy atom. The Bertz CT molecular complexity index is 324. The lowest BCUT2D eigenvalue weighted by atomic mass is 10.0. The van der Waals surface area contributed by atoms with Crippen LogP contribution in [0.15, 0.2) is 24.3 Å². The van der Waals surface area contributed by atoms with Crippen molar-refractivity contribution in [2.24, 2.45) is 5.92 Å². The van der Waals surface area contributed by atoms with Crippen LogP contribution in [0, 0.1) is 11.7 Å². The highest BCUT2D eigenvalue weighted by atomic mass is 19.1. The first kappa shape index (κ1) is 10.5. The maximum Gasteiger partial charge on any atom is 0.125 e. The molecule has 0 aliphatic heterocycles. The lowest BCUT2D eigenvalue weighted by Gasteiger charge is -2.20. The number of hydrogen-bond acceptors (Lipinski definition) is 1. The van der Waals surface area contributed by atoms with E-state index in [1.54, 1.807) is 12.1 Å². The van der Waals surface area contributed by atoms with Crippen LogP contribution in [-0.2, 0) is 0 Å². The molecule has 1 aliphatic rings. The highest BCUT2D eigenvalue weighted by Gasteiger charge is 2.25. The van der Waals surface area contributed by atoms with Crippen LogP contribution < -0.4 is 5.32 Å². The zero-order valence-corrected chi connectivity index (χ0v) is 9.17. The van der Waals surface area contributed by atoms with E-state index in [-0.39, 0.29) is 5.82 Å². The zero-order chi connectivity index (χ0) is 10.7. The molecular formula is C13H18FN. The SMILES string of the molecule is CCC1CCCC1Nc1cccc(F)c1. The number of halogens is 1. The second kappa shape index (κ2) is 4.65. The largest absolute Gasteiger partial charge is 0.382 e. The number of benzene rings is 1. The van der Waals surface area contributed by atoms with Gasteiger partial charge in [-0.25, -0.2) is 4.39 Å². The number of nitrogens with one attached hydrogen (secondary N) is 1. The van der Waals surface area contributed by atoms with Gasteiger partial charge in [-0.2, -0.15) is 0 Å². The van der Waals surface area contributed by atoms with Crippen molar-refractivity contribution in [3.8, 4) is 0 Å². The first-order valence-electron chi connectivity index (χ1n) is 5.81. The highest BCUT2D eigenvalue weighted by molar-refractivity contribution is 5.44. The van der Waals surface area contributed by atoms with Gasteiger partial charge in [0.05, 0.1) is 0 Å². The van der Waals surface area contributed by atoms with Crippen LogP contribution in [0.1, 0.15) is 32.6 Å². The molecule has 0 bridgehead atoms. The van der Waals surface area contributed by atoms with Crippen molar-refractivity contribution in [1.29, 1.82) is 0 Å². The lowest BCUT2D eigenvalue weighted by Crippen LogP contribution is -2.23. The summed E-state index contributed by atoms with van der Waals surface area (Å²) in [7, 11) is 0. The summed E-state index contributed by atoms with van der Waals surface area (Å²) in [4.78, 5) is 0. The number of hydrogen-bond donors (Lipinski definition) is 1. The van der Waals surface area contributed by atoms with Crippen molar-refractivity contribution in [2.75, 3.05) is 5.32 Å². The molecule has 0 saturated heterocycles. The quantitative estimate of drug-likeness (QED) is 0.794. The van der Waals surface area contributed by atoms with Crippen LogP contribution >= 0.6 is 0 Å². The Morgan fingerprint density at radius 1 is 1.40 bits per heavy atom. The van der Waals surface area contributed by atoms with Gasteiger partial charge in [0.2, 0.25) is 0 Å². The van der Waals surface area contributed by atoms with Crippen LogP contribution in [0.5, 0.6) is 0 Å². The van der Waals surface area contributed by atoms with E-state index in [9.17, 15) is 4.39 Å². The Balaban J connectivity index is 2.02. The van der Waals surface area contributed by atoms with E-state index < -0.39 is 0 Å². The van der Waals surface area contributed by atoms with E-state index in [0.29, 0.717) is 6.04 Å². The molecule has 82 valence electrons. The van der Waals surface area contributed by atoms with Gasteiger partial charge in [0.25, 0.3) is 0 Å². The molecule has 2 atom stereocenters. The summed E-state index contributed by atoms with van der Waals surface area (Å²) in [5.41, 5.74) is 0.917. The molecule has 1 N–H and O–H groups in total. The molecule has 2 rings (SSSR count). The van der Waals surface area contributed by atoms with Gasteiger partial charge in [-0.3, -0.25) is 0 Å². The van der Waals surface area contributed by atoms with Crippen molar-refractivity contribution in [1.82, 2.24) is 0 Å². The fraction of sp³-hybridized carbons (Fsp3) is 0.538. The maximum absolute atomic E-state index is 13.0. The van der Waals surface area contributed by atoms with E-state index in [4.69, 9.17) is 0 Å². The summed E-state index contributed by atoms with van der Waals surface area (Å²) in [6.07, 6.45) is 5.04. The van der Waals surface area contributed by atoms with Crippen molar-refractivity contribution in [3.05, 3.63) is 30.1 Å². The van der Waals surface area contributed by atoms with Gasteiger partial charge in [-0.05, 0) is 37.0 Å². The second-order valence-corrected chi connectivity index (χ2v) is 4.36. The summed E-state index contributed by atoms with van der Waals surface area (Å²) in [6.45, 7) is 2.23. The Kier molecular flexibility index (Phi) is 3.24. The topological polar surface area (TPSA) is 12.0 Å². The van der Waals surface area contributed by atoms with Gasteiger partial charge in [-0.15, -0.1) is 0 Å². The van der Waals surface area contributed by atoms with Crippen molar-refractivity contribution >= 4 is 5.69 Å². The minimum Gasteiger partial charge on any atom is -0.382 e. The van der Waals surface area contributed by atoms with E-state index in [0.717, 1.165) is 11.6 Å². The monoisotopic (exact) mass is 207 g/mol. The van der Waals surface area contributed by atoms with E-state index in [1.165, 1.54) is 31.7 Å². The fourth-order valence-electron chi connectivity index (χ4n) is 2.51. The fourth-order valence-corrected chi connectivity index (χ4v) is 2.51. The van der Waals surface area contributed by atoms with Crippen LogP contribution in [0.4, 0.5) is 10.1 Å². The van der Waals surface area contributed by atoms with Gasteiger partial charge in [0.15, 0.2) is 0 Å². The summed E-state index contributed by atoms with van der Waals surface area (Å²) in [6, 6.07) is 7.29. The van der Waals surface area contributed by atoms with Crippen LogP contribution in [-0.4, -0.2) is 6.04 Å². The summed E-state index contributed by atoms with van der Waals surface area (Å²) in [5, 5.41) is 3.44. The van der Waals surface area contributed by atoms with Gasteiger partial charge in [-0.1, -0.05) is 25.8 Å². The molecule has 0 heterocycles. The molecule has 0 spiro atoms. The number of anilines is 1. The smallest absolute Gasteiger partial charge is 0.125 e. The molecule has 0 aromatic heterocycles. The summed E-state index contributed by atoms with van der Waals surface area (Å²) < 4.78 is 13.0. The molecule has 2 unspecified atom stereocenters.